The van der Waals surface area contributed by atoms with Gasteiger partial charge in [-0.2, -0.15) is 0 Å². The zero-order chi connectivity index (χ0) is 22.3. The van der Waals surface area contributed by atoms with E-state index in [1.165, 1.54) is 11.3 Å². The van der Waals surface area contributed by atoms with Crippen molar-refractivity contribution in [2.75, 3.05) is 18.5 Å². The van der Waals surface area contributed by atoms with Gasteiger partial charge in [0.05, 0.1) is 24.5 Å². The van der Waals surface area contributed by atoms with Crippen LogP contribution in [0.15, 0.2) is 30.3 Å². The van der Waals surface area contributed by atoms with E-state index in [0.29, 0.717) is 18.5 Å². The standard InChI is InChI=1S/C24H31N3O5/c28-14-13-27-20(22(30)26-16-9-5-2-6-10-16)24-12-11-17(32-24)18(19(24)23(27)31)21(29)25-15-7-3-1-4-8-15/h1,3-4,7-8,16-20,28H,2,5-6,9-14H2,(H,25,29)(H,26,30)/t17-,18+,19+,20?,24?/m1/s1. The van der Waals surface area contributed by atoms with E-state index < -0.39 is 23.5 Å². The molecule has 3 amide bonds. The molecule has 1 aromatic carbocycles. The number of anilines is 1. The number of aliphatic hydroxyl groups is 1. The summed E-state index contributed by atoms with van der Waals surface area (Å²) in [4.78, 5) is 41.7. The minimum absolute atomic E-state index is 0.0564. The molecular weight excluding hydrogens is 410 g/mol. The molecule has 5 atom stereocenters. The molecule has 8 heteroatoms. The number of rotatable bonds is 6. The Morgan fingerprint density at radius 3 is 2.56 bits per heavy atom. The zero-order valence-electron chi connectivity index (χ0n) is 18.2. The molecule has 32 heavy (non-hydrogen) atoms. The summed E-state index contributed by atoms with van der Waals surface area (Å²) in [7, 11) is 0. The average molecular weight is 442 g/mol. The molecule has 1 aromatic rings. The van der Waals surface area contributed by atoms with E-state index in [1.807, 2.05) is 18.2 Å². The number of amides is 3. The van der Waals surface area contributed by atoms with Gasteiger partial charge in [-0.3, -0.25) is 14.4 Å². The summed E-state index contributed by atoms with van der Waals surface area (Å²) in [6, 6.07) is 8.44. The molecule has 2 unspecified atom stereocenters. The van der Waals surface area contributed by atoms with Gasteiger partial charge in [0.15, 0.2) is 0 Å². The van der Waals surface area contributed by atoms with Gasteiger partial charge in [0.25, 0.3) is 0 Å². The Bertz CT molecular complexity index is 887. The van der Waals surface area contributed by atoms with Gasteiger partial charge < -0.3 is 25.4 Å². The van der Waals surface area contributed by atoms with Gasteiger partial charge >= 0.3 is 0 Å². The van der Waals surface area contributed by atoms with Crippen molar-refractivity contribution < 1.29 is 24.2 Å². The maximum atomic E-state index is 13.5. The average Bonchev–Trinajstić information content (AvgIpc) is 3.43. The lowest BCUT2D eigenvalue weighted by Gasteiger charge is -2.35. The molecule has 0 radical (unpaired) electrons. The Morgan fingerprint density at radius 2 is 1.84 bits per heavy atom. The molecule has 3 saturated heterocycles. The summed E-state index contributed by atoms with van der Waals surface area (Å²) in [5, 5.41) is 15.7. The third-order valence-electron chi connectivity index (χ3n) is 7.69. The van der Waals surface area contributed by atoms with E-state index in [1.54, 1.807) is 12.1 Å². The topological polar surface area (TPSA) is 108 Å². The van der Waals surface area contributed by atoms with Gasteiger partial charge in [-0.15, -0.1) is 0 Å². The third kappa shape index (κ3) is 3.40. The maximum Gasteiger partial charge on any atom is 0.246 e. The van der Waals surface area contributed by atoms with E-state index in [4.69, 9.17) is 4.74 Å². The van der Waals surface area contributed by atoms with Crippen LogP contribution in [0.2, 0.25) is 0 Å². The number of carbonyl (C=O) groups excluding carboxylic acids is 3. The summed E-state index contributed by atoms with van der Waals surface area (Å²) in [5.74, 6) is -2.09. The largest absolute Gasteiger partial charge is 0.395 e. The minimum Gasteiger partial charge on any atom is -0.395 e. The molecule has 5 rings (SSSR count). The van der Waals surface area contributed by atoms with Gasteiger partial charge in [-0.1, -0.05) is 37.5 Å². The lowest BCUT2D eigenvalue weighted by Crippen LogP contribution is -2.57. The number of likely N-dealkylation sites (tertiary alicyclic amines) is 1. The fraction of sp³-hybridized carbons (Fsp3) is 0.625. The maximum absolute atomic E-state index is 13.5. The van der Waals surface area contributed by atoms with Crippen molar-refractivity contribution in [2.24, 2.45) is 11.8 Å². The van der Waals surface area contributed by atoms with Crippen LogP contribution in [0.5, 0.6) is 0 Å². The molecule has 1 saturated carbocycles. The summed E-state index contributed by atoms with van der Waals surface area (Å²) < 4.78 is 6.36. The van der Waals surface area contributed by atoms with Crippen LogP contribution in [0.4, 0.5) is 5.69 Å². The Kier molecular flexibility index (Phi) is 5.67. The van der Waals surface area contributed by atoms with Crippen molar-refractivity contribution in [2.45, 2.75) is 68.7 Å². The molecule has 172 valence electrons. The number of carbonyl (C=O) groups is 3. The monoisotopic (exact) mass is 441 g/mol. The molecular formula is C24H31N3O5. The number of fused-ring (bicyclic) bond motifs is 1. The molecule has 4 aliphatic rings. The molecule has 4 fully saturated rings. The Labute approximate surface area is 187 Å². The molecule has 8 nitrogen and oxygen atoms in total. The lowest BCUT2D eigenvalue weighted by atomic mass is 9.70. The fourth-order valence-corrected chi connectivity index (χ4v) is 6.38. The number of para-hydroxylation sites is 1. The predicted molar refractivity (Wildman–Crippen MR) is 116 cm³/mol. The Balaban J connectivity index is 1.41. The van der Waals surface area contributed by atoms with Gasteiger partial charge in [0.2, 0.25) is 17.7 Å². The van der Waals surface area contributed by atoms with Crippen molar-refractivity contribution in [3.05, 3.63) is 30.3 Å². The van der Waals surface area contributed by atoms with Crippen molar-refractivity contribution >= 4 is 23.4 Å². The molecule has 0 aromatic heterocycles. The van der Waals surface area contributed by atoms with E-state index in [2.05, 4.69) is 10.6 Å². The second kappa shape index (κ2) is 8.48. The highest BCUT2D eigenvalue weighted by Gasteiger charge is 2.74. The zero-order valence-corrected chi connectivity index (χ0v) is 18.2. The first-order chi connectivity index (χ1) is 15.5. The number of aliphatic hydroxyl groups excluding tert-OH is 1. The predicted octanol–water partition coefficient (Wildman–Crippen LogP) is 1.44. The van der Waals surface area contributed by atoms with Crippen LogP contribution in [0.1, 0.15) is 44.9 Å². The molecule has 3 N–H and O–H groups in total. The van der Waals surface area contributed by atoms with Crippen molar-refractivity contribution in [1.82, 2.24) is 10.2 Å². The van der Waals surface area contributed by atoms with Crippen LogP contribution in [0.3, 0.4) is 0 Å². The fourth-order valence-electron chi connectivity index (χ4n) is 6.38. The van der Waals surface area contributed by atoms with Crippen LogP contribution >= 0.6 is 0 Å². The number of nitrogens with zero attached hydrogens (tertiary/aromatic N) is 1. The molecule has 1 spiro atoms. The number of β-amino-alcohol motifs (C(OH)–C–C–N with tert-alkyl or cyclic N) is 1. The highest BCUT2D eigenvalue weighted by atomic mass is 16.5. The van der Waals surface area contributed by atoms with Gasteiger partial charge in [-0.25, -0.2) is 0 Å². The first-order valence-electron chi connectivity index (χ1n) is 11.8. The summed E-state index contributed by atoms with van der Waals surface area (Å²) in [6.45, 7) is -0.188. The Morgan fingerprint density at radius 1 is 1.09 bits per heavy atom. The quantitative estimate of drug-likeness (QED) is 0.619. The van der Waals surface area contributed by atoms with Crippen molar-refractivity contribution in [1.29, 1.82) is 0 Å². The number of hydrogen-bond acceptors (Lipinski definition) is 5. The van der Waals surface area contributed by atoms with E-state index in [9.17, 15) is 19.5 Å². The molecule has 1 aliphatic carbocycles. The smallest absolute Gasteiger partial charge is 0.246 e. The highest BCUT2D eigenvalue weighted by Crippen LogP contribution is 2.58. The molecule has 2 bridgehead atoms. The third-order valence-corrected chi connectivity index (χ3v) is 7.69. The van der Waals surface area contributed by atoms with Crippen molar-refractivity contribution in [3.63, 3.8) is 0 Å². The lowest BCUT2D eigenvalue weighted by molar-refractivity contribution is -0.142. The van der Waals surface area contributed by atoms with E-state index >= 15 is 0 Å². The van der Waals surface area contributed by atoms with E-state index in [0.717, 1.165) is 25.7 Å². The van der Waals surface area contributed by atoms with Crippen LogP contribution < -0.4 is 10.6 Å². The SMILES string of the molecule is O=C(NC1CCCCC1)C1N(CCO)C(=O)[C@@H]2[C@@H](C(=O)Nc3ccccc3)[C@H]3CCC12O3. The summed E-state index contributed by atoms with van der Waals surface area (Å²) in [6.07, 6.45) is 6.05. The highest BCUT2D eigenvalue weighted by molar-refractivity contribution is 6.02. The molecule has 3 heterocycles. The van der Waals surface area contributed by atoms with Crippen LogP contribution in [-0.2, 0) is 19.1 Å². The second-order valence-electron chi connectivity index (χ2n) is 9.51. The second-order valence-corrected chi connectivity index (χ2v) is 9.51. The van der Waals surface area contributed by atoms with Crippen molar-refractivity contribution in [3.8, 4) is 0 Å². The number of ether oxygens (including phenoxy) is 1. The minimum atomic E-state index is -1.01. The summed E-state index contributed by atoms with van der Waals surface area (Å²) >= 11 is 0. The van der Waals surface area contributed by atoms with Gasteiger partial charge in [0, 0.05) is 18.3 Å². The van der Waals surface area contributed by atoms with Crippen LogP contribution in [-0.4, -0.2) is 64.7 Å². The van der Waals surface area contributed by atoms with E-state index in [-0.39, 0.29) is 43.0 Å². The first kappa shape index (κ1) is 21.4. The first-order valence-corrected chi connectivity index (χ1v) is 11.8. The van der Waals surface area contributed by atoms with Crippen LogP contribution in [0, 0.1) is 11.8 Å². The summed E-state index contributed by atoms with van der Waals surface area (Å²) in [5.41, 5.74) is -0.340. The Hall–Kier alpha value is -2.45. The number of nitrogens with one attached hydrogen (secondary N) is 2. The normalized spacial score (nSPS) is 33.9. The van der Waals surface area contributed by atoms with Gasteiger partial charge in [0.1, 0.15) is 11.6 Å². The van der Waals surface area contributed by atoms with Crippen LogP contribution in [0.25, 0.3) is 0 Å². The van der Waals surface area contributed by atoms with Gasteiger partial charge in [-0.05, 0) is 37.8 Å². The number of hydrogen-bond donors (Lipinski definition) is 3. The molecule has 3 aliphatic heterocycles. The number of benzene rings is 1.